The number of nitrogens with one attached hydrogen (secondary N) is 1. The maximum atomic E-state index is 12.3. The molecule has 1 N–H and O–H groups in total. The lowest BCUT2D eigenvalue weighted by Crippen LogP contribution is -2.46. The van der Waals surface area contributed by atoms with Crippen LogP contribution in [0.3, 0.4) is 0 Å². The SMILES string of the molecule is CC(=O)c1ccc(OCC(=O)Nc2cc(N3CCN(c4ccccc4)CC3)ncn2)cc1. The number of hydrogen-bond donors (Lipinski definition) is 1. The normalized spacial score (nSPS) is 13.5. The van der Waals surface area contributed by atoms with E-state index in [1.807, 2.05) is 18.2 Å². The van der Waals surface area contributed by atoms with Gasteiger partial charge in [-0.05, 0) is 43.3 Å². The molecule has 164 valence electrons. The quantitative estimate of drug-likeness (QED) is 0.576. The molecule has 1 aromatic heterocycles. The van der Waals surface area contributed by atoms with E-state index in [0.29, 0.717) is 17.1 Å². The molecule has 8 heteroatoms. The zero-order valence-electron chi connectivity index (χ0n) is 17.9. The Balaban J connectivity index is 1.29. The summed E-state index contributed by atoms with van der Waals surface area (Å²) in [6.45, 7) is 4.80. The summed E-state index contributed by atoms with van der Waals surface area (Å²) in [5, 5.41) is 2.75. The number of benzene rings is 2. The molecule has 2 heterocycles. The fraction of sp³-hybridized carbons (Fsp3) is 0.250. The minimum atomic E-state index is -0.320. The topological polar surface area (TPSA) is 87.7 Å². The van der Waals surface area contributed by atoms with Crippen molar-refractivity contribution in [3.8, 4) is 5.75 Å². The first-order chi connectivity index (χ1) is 15.6. The van der Waals surface area contributed by atoms with Crippen molar-refractivity contribution >= 4 is 29.0 Å². The highest BCUT2D eigenvalue weighted by Crippen LogP contribution is 2.20. The predicted molar refractivity (Wildman–Crippen MR) is 123 cm³/mol. The molecular weight excluding hydrogens is 406 g/mol. The predicted octanol–water partition coefficient (Wildman–Crippen LogP) is 3.02. The van der Waals surface area contributed by atoms with Crippen LogP contribution in [0.5, 0.6) is 5.75 Å². The molecule has 1 aliphatic heterocycles. The summed E-state index contributed by atoms with van der Waals surface area (Å²) >= 11 is 0. The van der Waals surface area contributed by atoms with Gasteiger partial charge in [0.2, 0.25) is 0 Å². The maximum Gasteiger partial charge on any atom is 0.263 e. The minimum absolute atomic E-state index is 0.0182. The first-order valence-electron chi connectivity index (χ1n) is 10.5. The number of aromatic nitrogens is 2. The number of carbonyl (C=O) groups is 2. The van der Waals surface area contributed by atoms with E-state index in [4.69, 9.17) is 4.74 Å². The number of Topliss-reactive ketones (excluding diaryl/α,β-unsaturated/α-hetero) is 1. The first-order valence-corrected chi connectivity index (χ1v) is 10.5. The van der Waals surface area contributed by atoms with Crippen LogP contribution in [-0.4, -0.2) is 54.4 Å². The van der Waals surface area contributed by atoms with Crippen molar-refractivity contribution in [2.24, 2.45) is 0 Å². The molecule has 32 heavy (non-hydrogen) atoms. The standard InChI is InChI=1S/C24H25N5O3/c1-18(30)19-7-9-21(10-8-19)32-16-24(31)27-22-15-23(26-17-25-22)29-13-11-28(12-14-29)20-5-3-2-4-6-20/h2-10,15,17H,11-14,16H2,1H3,(H,25,26,27,31). The summed E-state index contributed by atoms with van der Waals surface area (Å²) < 4.78 is 5.49. The molecule has 0 aliphatic carbocycles. The van der Waals surface area contributed by atoms with E-state index in [-0.39, 0.29) is 18.3 Å². The molecule has 0 spiro atoms. The number of amides is 1. The van der Waals surface area contributed by atoms with Gasteiger partial charge in [-0.25, -0.2) is 9.97 Å². The summed E-state index contributed by atoms with van der Waals surface area (Å²) in [4.78, 5) is 36.7. The van der Waals surface area contributed by atoms with Gasteiger partial charge in [0.1, 0.15) is 23.7 Å². The van der Waals surface area contributed by atoms with Crippen LogP contribution in [0.2, 0.25) is 0 Å². The molecule has 2 aromatic carbocycles. The van der Waals surface area contributed by atoms with Crippen LogP contribution in [0.15, 0.2) is 67.0 Å². The van der Waals surface area contributed by atoms with Crippen molar-refractivity contribution in [3.63, 3.8) is 0 Å². The lowest BCUT2D eigenvalue weighted by atomic mass is 10.1. The molecule has 1 fully saturated rings. The molecule has 1 aliphatic rings. The van der Waals surface area contributed by atoms with Crippen molar-refractivity contribution < 1.29 is 14.3 Å². The van der Waals surface area contributed by atoms with Crippen LogP contribution < -0.4 is 19.9 Å². The molecule has 3 aromatic rings. The lowest BCUT2D eigenvalue weighted by Gasteiger charge is -2.36. The van der Waals surface area contributed by atoms with Crippen molar-refractivity contribution in [1.82, 2.24) is 9.97 Å². The molecule has 0 atom stereocenters. The first kappa shape index (κ1) is 21.3. The smallest absolute Gasteiger partial charge is 0.263 e. The summed E-state index contributed by atoms with van der Waals surface area (Å²) in [7, 11) is 0. The van der Waals surface area contributed by atoms with Crippen molar-refractivity contribution in [2.45, 2.75) is 6.92 Å². The van der Waals surface area contributed by atoms with E-state index in [9.17, 15) is 9.59 Å². The van der Waals surface area contributed by atoms with Gasteiger partial charge in [0.15, 0.2) is 12.4 Å². The number of piperazine rings is 1. The average molecular weight is 431 g/mol. The number of anilines is 3. The Morgan fingerprint density at radius 2 is 1.62 bits per heavy atom. The maximum absolute atomic E-state index is 12.3. The molecule has 0 bridgehead atoms. The van der Waals surface area contributed by atoms with Crippen LogP contribution in [0.25, 0.3) is 0 Å². The lowest BCUT2D eigenvalue weighted by molar-refractivity contribution is -0.118. The highest BCUT2D eigenvalue weighted by molar-refractivity contribution is 5.94. The van der Waals surface area contributed by atoms with Gasteiger partial charge in [-0.2, -0.15) is 0 Å². The van der Waals surface area contributed by atoms with Gasteiger partial charge in [-0.1, -0.05) is 18.2 Å². The minimum Gasteiger partial charge on any atom is -0.484 e. The van der Waals surface area contributed by atoms with E-state index in [1.165, 1.54) is 18.9 Å². The summed E-state index contributed by atoms with van der Waals surface area (Å²) in [5.74, 6) is 1.39. The zero-order valence-corrected chi connectivity index (χ0v) is 17.9. The third-order valence-electron chi connectivity index (χ3n) is 5.28. The van der Waals surface area contributed by atoms with Crippen molar-refractivity contribution in [1.29, 1.82) is 0 Å². The van der Waals surface area contributed by atoms with E-state index < -0.39 is 0 Å². The van der Waals surface area contributed by atoms with Gasteiger partial charge in [0.25, 0.3) is 5.91 Å². The van der Waals surface area contributed by atoms with Gasteiger partial charge in [-0.3, -0.25) is 9.59 Å². The Bertz CT molecular complexity index is 1060. The molecule has 8 nitrogen and oxygen atoms in total. The van der Waals surface area contributed by atoms with E-state index in [0.717, 1.165) is 32.0 Å². The Morgan fingerprint density at radius 3 is 2.31 bits per heavy atom. The van der Waals surface area contributed by atoms with Crippen LogP contribution in [0.4, 0.5) is 17.3 Å². The van der Waals surface area contributed by atoms with Gasteiger partial charge in [-0.15, -0.1) is 0 Å². The van der Waals surface area contributed by atoms with Gasteiger partial charge >= 0.3 is 0 Å². The summed E-state index contributed by atoms with van der Waals surface area (Å²) in [6, 6.07) is 18.8. The number of ether oxygens (including phenoxy) is 1. The van der Waals surface area contributed by atoms with Gasteiger partial charge in [0, 0.05) is 43.5 Å². The molecule has 0 unspecified atom stereocenters. The second kappa shape index (κ2) is 9.91. The summed E-state index contributed by atoms with van der Waals surface area (Å²) in [6.07, 6.45) is 1.45. The Kier molecular flexibility index (Phi) is 6.60. The zero-order chi connectivity index (χ0) is 22.3. The second-order valence-corrected chi connectivity index (χ2v) is 7.49. The Hall–Kier alpha value is -3.94. The third kappa shape index (κ3) is 5.40. The highest BCUT2D eigenvalue weighted by Gasteiger charge is 2.19. The van der Waals surface area contributed by atoms with E-state index >= 15 is 0 Å². The third-order valence-corrected chi connectivity index (χ3v) is 5.28. The van der Waals surface area contributed by atoms with E-state index in [2.05, 4.69) is 37.2 Å². The van der Waals surface area contributed by atoms with Crippen LogP contribution in [-0.2, 0) is 4.79 Å². The largest absolute Gasteiger partial charge is 0.484 e. The second-order valence-electron chi connectivity index (χ2n) is 7.49. The molecule has 1 amide bonds. The molecule has 4 rings (SSSR count). The monoisotopic (exact) mass is 431 g/mol. The molecule has 1 saturated heterocycles. The molecule has 0 saturated carbocycles. The Labute approximate surface area is 186 Å². The number of ketones is 1. The summed E-state index contributed by atoms with van der Waals surface area (Å²) in [5.41, 5.74) is 1.82. The Morgan fingerprint density at radius 1 is 0.938 bits per heavy atom. The molecular formula is C24H25N5O3. The van der Waals surface area contributed by atoms with Crippen LogP contribution >= 0.6 is 0 Å². The van der Waals surface area contributed by atoms with Crippen LogP contribution in [0, 0.1) is 0 Å². The number of hydrogen-bond acceptors (Lipinski definition) is 7. The number of rotatable bonds is 7. The fourth-order valence-electron chi connectivity index (χ4n) is 3.53. The number of carbonyl (C=O) groups excluding carboxylic acids is 2. The van der Waals surface area contributed by atoms with Crippen LogP contribution in [0.1, 0.15) is 17.3 Å². The highest BCUT2D eigenvalue weighted by atomic mass is 16.5. The molecule has 0 radical (unpaired) electrons. The number of nitrogens with zero attached hydrogens (tertiary/aromatic N) is 4. The average Bonchev–Trinajstić information content (AvgIpc) is 2.84. The fourth-order valence-corrected chi connectivity index (χ4v) is 3.53. The van der Waals surface area contributed by atoms with E-state index in [1.54, 1.807) is 30.3 Å². The van der Waals surface area contributed by atoms with Gasteiger partial charge < -0.3 is 19.9 Å². The number of para-hydroxylation sites is 1. The van der Waals surface area contributed by atoms with Gasteiger partial charge in [0.05, 0.1) is 0 Å². The van der Waals surface area contributed by atoms with Crippen molar-refractivity contribution in [2.75, 3.05) is 47.9 Å². The van der Waals surface area contributed by atoms with Crippen molar-refractivity contribution in [3.05, 3.63) is 72.6 Å².